The molecule has 0 aromatic carbocycles. The summed E-state index contributed by atoms with van der Waals surface area (Å²) in [6.45, 7) is 10.9. The second-order valence-corrected chi connectivity index (χ2v) is 10.0. The van der Waals surface area contributed by atoms with Gasteiger partial charge in [0.05, 0.1) is 10.6 Å². The highest BCUT2D eigenvalue weighted by atomic mass is 32.2. The van der Waals surface area contributed by atoms with Crippen LogP contribution in [0.25, 0.3) is 0 Å². The second kappa shape index (κ2) is 4.73. The van der Waals surface area contributed by atoms with Gasteiger partial charge in [0, 0.05) is 30.0 Å². The summed E-state index contributed by atoms with van der Waals surface area (Å²) in [7, 11) is 0. The zero-order valence-corrected chi connectivity index (χ0v) is 14.3. The fraction of sp³-hybridized carbons (Fsp3) is 0.733. The summed E-state index contributed by atoms with van der Waals surface area (Å²) >= 11 is 3.63. The molecule has 0 radical (unpaired) electrons. The Kier molecular flexibility index (Phi) is 3.41. The van der Waals surface area contributed by atoms with E-state index in [1.54, 1.807) is 11.3 Å². The largest absolute Gasteiger partial charge is 0.346 e. The van der Waals surface area contributed by atoms with E-state index < -0.39 is 0 Å². The van der Waals surface area contributed by atoms with Gasteiger partial charge < -0.3 is 4.90 Å². The zero-order valence-electron chi connectivity index (χ0n) is 12.7. The molecule has 0 bridgehead atoms. The van der Waals surface area contributed by atoms with Crippen molar-refractivity contribution in [3.05, 3.63) is 10.6 Å². The maximum Gasteiger partial charge on any atom is 0.186 e. The van der Waals surface area contributed by atoms with Crippen LogP contribution in [-0.4, -0.2) is 34.4 Å². The van der Waals surface area contributed by atoms with Gasteiger partial charge in [0.15, 0.2) is 10.9 Å². The number of rotatable bonds is 1. The lowest BCUT2D eigenvalue weighted by Gasteiger charge is -2.37. The van der Waals surface area contributed by atoms with Crippen molar-refractivity contribution < 1.29 is 4.79 Å². The molecular formula is C15H22N2OS2. The van der Waals surface area contributed by atoms with E-state index in [1.165, 1.54) is 0 Å². The van der Waals surface area contributed by atoms with Crippen LogP contribution < -0.4 is 4.90 Å². The van der Waals surface area contributed by atoms with Gasteiger partial charge in [-0.15, -0.1) is 0 Å². The van der Waals surface area contributed by atoms with Crippen LogP contribution in [0.2, 0.25) is 0 Å². The maximum absolute atomic E-state index is 12.3. The molecule has 2 aliphatic rings. The number of hydrogen-bond donors (Lipinski definition) is 0. The van der Waals surface area contributed by atoms with E-state index in [2.05, 4.69) is 32.6 Å². The molecule has 1 fully saturated rings. The smallest absolute Gasteiger partial charge is 0.186 e. The van der Waals surface area contributed by atoms with Crippen LogP contribution in [0.15, 0.2) is 0 Å². The first-order chi connectivity index (χ1) is 9.26. The first-order valence-electron chi connectivity index (χ1n) is 7.18. The van der Waals surface area contributed by atoms with Gasteiger partial charge in [-0.25, -0.2) is 4.98 Å². The molecule has 0 spiro atoms. The number of nitrogens with zero attached hydrogens (tertiary/aromatic N) is 2. The molecule has 3 nitrogen and oxygen atoms in total. The van der Waals surface area contributed by atoms with Gasteiger partial charge in [-0.3, -0.25) is 4.79 Å². The lowest BCUT2D eigenvalue weighted by molar-refractivity contribution is 0.0916. The van der Waals surface area contributed by atoms with Crippen LogP contribution >= 0.6 is 23.1 Å². The molecule has 20 heavy (non-hydrogen) atoms. The van der Waals surface area contributed by atoms with Crippen molar-refractivity contribution in [2.45, 2.75) is 45.3 Å². The molecule has 5 heteroatoms. The van der Waals surface area contributed by atoms with Gasteiger partial charge in [-0.05, 0) is 25.7 Å². The molecule has 0 amide bonds. The number of Topliss-reactive ketones (excluding diaryl/α,β-unsaturated/α-hetero) is 1. The Morgan fingerprint density at radius 3 is 2.65 bits per heavy atom. The van der Waals surface area contributed by atoms with Crippen LogP contribution in [0.1, 0.15) is 49.5 Å². The number of carbonyl (C=O) groups excluding carboxylic acids is 1. The van der Waals surface area contributed by atoms with Crippen molar-refractivity contribution in [3.8, 4) is 0 Å². The Bertz CT molecular complexity index is 548. The van der Waals surface area contributed by atoms with Gasteiger partial charge in [-0.2, -0.15) is 11.8 Å². The third-order valence-electron chi connectivity index (χ3n) is 3.92. The summed E-state index contributed by atoms with van der Waals surface area (Å²) in [4.78, 5) is 20.3. The first kappa shape index (κ1) is 14.4. The highest BCUT2D eigenvalue weighted by Gasteiger charge is 2.35. The SMILES string of the molecule is CC1(C)CC(=O)c2sc(N3CCSC(C)(C)C3)nc2C1. The van der Waals surface area contributed by atoms with Crippen molar-refractivity contribution in [2.75, 3.05) is 23.7 Å². The highest BCUT2D eigenvalue weighted by molar-refractivity contribution is 8.00. The minimum atomic E-state index is 0.0620. The van der Waals surface area contributed by atoms with Crippen LogP contribution in [0.4, 0.5) is 5.13 Å². The molecule has 1 aromatic heterocycles. The van der Waals surface area contributed by atoms with Gasteiger partial charge in [0.25, 0.3) is 0 Å². The summed E-state index contributed by atoms with van der Waals surface area (Å²) in [5.41, 5.74) is 1.09. The quantitative estimate of drug-likeness (QED) is 0.793. The van der Waals surface area contributed by atoms with Crippen molar-refractivity contribution in [2.24, 2.45) is 5.41 Å². The summed E-state index contributed by atoms with van der Waals surface area (Å²) < 4.78 is 0.272. The number of thioether (sulfide) groups is 1. The van der Waals surface area contributed by atoms with Crippen LogP contribution in [0, 0.1) is 5.41 Å². The fourth-order valence-corrected chi connectivity index (χ4v) is 5.18. The predicted octanol–water partition coefficient (Wildman–Crippen LogP) is 3.63. The molecule has 110 valence electrons. The third kappa shape index (κ3) is 2.75. The summed E-state index contributed by atoms with van der Waals surface area (Å²) in [5, 5.41) is 1.05. The lowest BCUT2D eigenvalue weighted by Crippen LogP contribution is -2.43. The van der Waals surface area contributed by atoms with Crippen LogP contribution in [-0.2, 0) is 6.42 Å². The summed E-state index contributed by atoms with van der Waals surface area (Å²) in [6, 6.07) is 0. The average molecular weight is 310 g/mol. The first-order valence-corrected chi connectivity index (χ1v) is 8.98. The van der Waals surface area contributed by atoms with E-state index in [-0.39, 0.29) is 15.9 Å². The van der Waals surface area contributed by atoms with E-state index in [0.29, 0.717) is 6.42 Å². The normalized spacial score (nSPS) is 24.6. The lowest BCUT2D eigenvalue weighted by atomic mass is 9.78. The molecule has 3 rings (SSSR count). The molecule has 2 heterocycles. The Morgan fingerprint density at radius 2 is 1.95 bits per heavy atom. The number of hydrogen-bond acceptors (Lipinski definition) is 5. The molecular weight excluding hydrogens is 288 g/mol. The highest BCUT2D eigenvalue weighted by Crippen LogP contribution is 2.41. The zero-order chi connectivity index (χ0) is 14.5. The van der Waals surface area contributed by atoms with Gasteiger partial charge in [-0.1, -0.05) is 25.2 Å². The Labute approximate surface area is 129 Å². The molecule has 0 N–H and O–H groups in total. The molecule has 1 saturated heterocycles. The van der Waals surface area contributed by atoms with Crippen molar-refractivity contribution >= 4 is 34.0 Å². The number of aromatic nitrogens is 1. The number of ketones is 1. The van der Waals surface area contributed by atoms with Gasteiger partial charge >= 0.3 is 0 Å². The predicted molar refractivity (Wildman–Crippen MR) is 87.3 cm³/mol. The minimum absolute atomic E-state index is 0.0620. The van der Waals surface area contributed by atoms with E-state index in [0.717, 1.165) is 41.0 Å². The number of fused-ring (bicyclic) bond motifs is 1. The van der Waals surface area contributed by atoms with E-state index in [9.17, 15) is 4.79 Å². The van der Waals surface area contributed by atoms with E-state index >= 15 is 0 Å². The molecule has 0 atom stereocenters. The van der Waals surface area contributed by atoms with Crippen LogP contribution in [0.5, 0.6) is 0 Å². The standard InChI is InChI=1S/C15H22N2OS2/c1-14(2)7-10-12(11(18)8-14)20-13(16-10)17-5-6-19-15(3,4)9-17/h5-9H2,1-4H3. The van der Waals surface area contributed by atoms with Crippen LogP contribution in [0.3, 0.4) is 0 Å². The molecule has 0 unspecified atom stereocenters. The minimum Gasteiger partial charge on any atom is -0.346 e. The monoisotopic (exact) mass is 310 g/mol. The molecule has 0 saturated carbocycles. The fourth-order valence-electron chi connectivity index (χ4n) is 3.02. The Balaban J connectivity index is 1.88. The molecule has 1 aliphatic carbocycles. The Morgan fingerprint density at radius 1 is 1.20 bits per heavy atom. The van der Waals surface area contributed by atoms with Crippen molar-refractivity contribution in [1.82, 2.24) is 4.98 Å². The number of thiazole rings is 1. The number of carbonyl (C=O) groups is 1. The average Bonchev–Trinajstić information content (AvgIpc) is 2.70. The third-order valence-corrected chi connectivity index (χ3v) is 6.42. The van der Waals surface area contributed by atoms with Gasteiger partial charge in [0.1, 0.15) is 0 Å². The molecule has 1 aliphatic heterocycles. The van der Waals surface area contributed by atoms with E-state index in [1.807, 2.05) is 11.8 Å². The van der Waals surface area contributed by atoms with Crippen molar-refractivity contribution in [3.63, 3.8) is 0 Å². The maximum atomic E-state index is 12.3. The number of anilines is 1. The van der Waals surface area contributed by atoms with E-state index in [4.69, 9.17) is 4.98 Å². The summed E-state index contributed by atoms with van der Waals surface area (Å²) in [6.07, 6.45) is 1.58. The van der Waals surface area contributed by atoms with Gasteiger partial charge in [0.2, 0.25) is 0 Å². The summed E-state index contributed by atoms with van der Waals surface area (Å²) in [5.74, 6) is 1.42. The molecule has 1 aromatic rings. The van der Waals surface area contributed by atoms with Crippen molar-refractivity contribution in [1.29, 1.82) is 0 Å². The Hall–Kier alpha value is -0.550. The second-order valence-electron chi connectivity index (χ2n) is 7.24. The topological polar surface area (TPSA) is 33.2 Å².